The van der Waals surface area contributed by atoms with E-state index in [1.807, 2.05) is 6.07 Å². The van der Waals surface area contributed by atoms with Crippen molar-refractivity contribution in [2.45, 2.75) is 26.4 Å². The summed E-state index contributed by atoms with van der Waals surface area (Å²) in [5, 5.41) is 12.0. The minimum atomic E-state index is -0.727. The number of nitrogens with zero attached hydrogens (tertiary/aromatic N) is 2. The van der Waals surface area contributed by atoms with E-state index in [0.717, 1.165) is 17.5 Å². The minimum Gasteiger partial charge on any atom is -0.444 e. The van der Waals surface area contributed by atoms with E-state index < -0.39 is 17.5 Å². The number of nitrogens with one attached hydrogen (secondary N) is 1. The van der Waals surface area contributed by atoms with Gasteiger partial charge in [-0.3, -0.25) is 5.32 Å². The Bertz CT molecular complexity index is 761. The van der Waals surface area contributed by atoms with Crippen molar-refractivity contribution in [3.8, 4) is 6.07 Å². The molecule has 2 aromatic rings. The maximum absolute atomic E-state index is 13.7. The zero-order valence-electron chi connectivity index (χ0n) is 11.5. The molecule has 0 fully saturated rings. The number of rotatable bonds is 1. The summed E-state index contributed by atoms with van der Waals surface area (Å²) in [6.07, 6.45) is 0.245. The first-order valence-electron chi connectivity index (χ1n) is 5.89. The fourth-order valence-corrected chi connectivity index (χ4v) is 2.96. The van der Waals surface area contributed by atoms with Gasteiger partial charge in [0.05, 0.1) is 21.8 Å². The largest absolute Gasteiger partial charge is 0.444 e. The standard InChI is InChI=1S/C13H11ClFN3O2S/c1-13(2,3)20-12(19)18-11-6(4-16)8-9(21-11)7(15)5-17-10(8)14/h5H,1-3H3,(H,18,19). The molecular formula is C13H11ClFN3O2S. The molecule has 8 heteroatoms. The van der Waals surface area contributed by atoms with Crippen LogP contribution in [0.25, 0.3) is 10.1 Å². The topological polar surface area (TPSA) is 75.0 Å². The summed E-state index contributed by atoms with van der Waals surface area (Å²) in [4.78, 5) is 15.4. The number of halogens is 2. The lowest BCUT2D eigenvalue weighted by molar-refractivity contribution is 0.0636. The number of aromatic nitrogens is 1. The third-order valence-corrected chi connectivity index (χ3v) is 3.75. The van der Waals surface area contributed by atoms with Crippen LogP contribution in [0.15, 0.2) is 6.20 Å². The van der Waals surface area contributed by atoms with Crippen molar-refractivity contribution >= 4 is 44.1 Å². The van der Waals surface area contributed by atoms with Crippen molar-refractivity contribution in [2.75, 3.05) is 5.32 Å². The normalized spacial score (nSPS) is 11.2. The molecule has 2 aromatic heterocycles. The van der Waals surface area contributed by atoms with Gasteiger partial charge >= 0.3 is 6.09 Å². The van der Waals surface area contributed by atoms with Crippen molar-refractivity contribution in [1.29, 1.82) is 5.26 Å². The minimum absolute atomic E-state index is 0.0106. The van der Waals surface area contributed by atoms with Crippen molar-refractivity contribution in [1.82, 2.24) is 4.98 Å². The third kappa shape index (κ3) is 3.23. The molecule has 1 amide bonds. The lowest BCUT2D eigenvalue weighted by Crippen LogP contribution is -2.27. The van der Waals surface area contributed by atoms with Gasteiger partial charge in [0.25, 0.3) is 0 Å². The van der Waals surface area contributed by atoms with E-state index in [4.69, 9.17) is 16.3 Å². The molecule has 0 aliphatic rings. The van der Waals surface area contributed by atoms with Gasteiger partial charge in [-0.25, -0.2) is 14.2 Å². The van der Waals surface area contributed by atoms with E-state index in [-0.39, 0.29) is 25.8 Å². The highest BCUT2D eigenvalue weighted by atomic mass is 35.5. The lowest BCUT2D eigenvalue weighted by Gasteiger charge is -2.19. The Morgan fingerprint density at radius 3 is 2.81 bits per heavy atom. The van der Waals surface area contributed by atoms with Crippen molar-refractivity contribution in [3.05, 3.63) is 22.7 Å². The molecule has 5 nitrogen and oxygen atoms in total. The highest BCUT2D eigenvalue weighted by molar-refractivity contribution is 7.23. The van der Waals surface area contributed by atoms with Crippen LogP contribution in [0.5, 0.6) is 0 Å². The molecule has 2 heterocycles. The Morgan fingerprint density at radius 1 is 1.57 bits per heavy atom. The number of nitriles is 1. The van der Waals surface area contributed by atoms with Crippen LogP contribution in [-0.4, -0.2) is 16.7 Å². The van der Waals surface area contributed by atoms with Crippen LogP contribution in [0, 0.1) is 17.1 Å². The highest BCUT2D eigenvalue weighted by Crippen LogP contribution is 2.39. The summed E-state index contributed by atoms with van der Waals surface area (Å²) < 4.78 is 19.0. The number of hydrogen-bond donors (Lipinski definition) is 1. The highest BCUT2D eigenvalue weighted by Gasteiger charge is 2.22. The number of anilines is 1. The van der Waals surface area contributed by atoms with Gasteiger partial charge in [0.2, 0.25) is 0 Å². The molecule has 0 saturated heterocycles. The Kier molecular flexibility index (Phi) is 4.03. The summed E-state index contributed by atoms with van der Waals surface area (Å²) in [6.45, 7) is 5.13. The van der Waals surface area contributed by atoms with Crippen molar-refractivity contribution < 1.29 is 13.9 Å². The van der Waals surface area contributed by atoms with Gasteiger partial charge < -0.3 is 4.74 Å². The molecule has 2 rings (SSSR count). The van der Waals surface area contributed by atoms with Crippen LogP contribution in [-0.2, 0) is 4.74 Å². The summed E-state index contributed by atoms with van der Waals surface area (Å²) in [5.41, 5.74) is -0.615. The van der Waals surface area contributed by atoms with Crippen LogP contribution in [0.3, 0.4) is 0 Å². The molecule has 0 saturated carbocycles. The monoisotopic (exact) mass is 327 g/mol. The van der Waals surface area contributed by atoms with Crippen molar-refractivity contribution in [3.63, 3.8) is 0 Å². The van der Waals surface area contributed by atoms with E-state index in [1.165, 1.54) is 0 Å². The molecule has 0 aliphatic heterocycles. The van der Waals surface area contributed by atoms with Crippen LogP contribution < -0.4 is 5.32 Å². The molecule has 0 atom stereocenters. The smallest absolute Gasteiger partial charge is 0.412 e. The molecule has 0 radical (unpaired) electrons. The van der Waals surface area contributed by atoms with Gasteiger partial charge in [-0.15, -0.1) is 11.3 Å². The Morgan fingerprint density at radius 2 is 2.24 bits per heavy atom. The average Bonchev–Trinajstić information content (AvgIpc) is 2.71. The maximum atomic E-state index is 13.7. The molecule has 0 unspecified atom stereocenters. The SMILES string of the molecule is CC(C)(C)OC(=O)Nc1sc2c(F)cnc(Cl)c2c1C#N. The first-order chi connectivity index (χ1) is 9.73. The fraction of sp³-hybridized carbons (Fsp3) is 0.308. The molecule has 0 spiro atoms. The molecule has 21 heavy (non-hydrogen) atoms. The van der Waals surface area contributed by atoms with E-state index in [9.17, 15) is 14.4 Å². The van der Waals surface area contributed by atoms with E-state index in [1.54, 1.807) is 20.8 Å². The number of pyridine rings is 1. The first kappa shape index (κ1) is 15.5. The number of carbonyl (C=O) groups is 1. The Hall–Kier alpha value is -1.91. The second-order valence-corrected chi connectivity index (χ2v) is 6.52. The third-order valence-electron chi connectivity index (χ3n) is 2.35. The summed E-state index contributed by atoms with van der Waals surface area (Å²) in [7, 11) is 0. The zero-order valence-corrected chi connectivity index (χ0v) is 13.0. The Balaban J connectivity index is 2.46. The second kappa shape index (κ2) is 5.47. The molecule has 0 aliphatic carbocycles. The number of carbonyl (C=O) groups excluding carboxylic acids is 1. The number of amides is 1. The van der Waals surface area contributed by atoms with E-state index in [2.05, 4.69) is 10.3 Å². The predicted molar refractivity (Wildman–Crippen MR) is 79.2 cm³/mol. The Labute approximate surface area is 129 Å². The lowest BCUT2D eigenvalue weighted by atomic mass is 10.2. The maximum Gasteiger partial charge on any atom is 0.412 e. The number of fused-ring (bicyclic) bond motifs is 1. The molecule has 110 valence electrons. The van der Waals surface area contributed by atoms with Gasteiger partial charge in [-0.05, 0) is 20.8 Å². The van der Waals surface area contributed by atoms with Gasteiger partial charge in [-0.1, -0.05) is 11.6 Å². The average molecular weight is 328 g/mol. The summed E-state index contributed by atoms with van der Waals surface area (Å²) >= 11 is 6.81. The molecule has 0 aromatic carbocycles. The number of thiophene rings is 1. The van der Waals surface area contributed by atoms with Crippen molar-refractivity contribution in [2.24, 2.45) is 0 Å². The van der Waals surface area contributed by atoms with Gasteiger partial charge in [0.15, 0.2) is 5.82 Å². The van der Waals surface area contributed by atoms with Crippen LogP contribution in [0.1, 0.15) is 26.3 Å². The molecular weight excluding hydrogens is 317 g/mol. The fourth-order valence-electron chi connectivity index (χ4n) is 1.62. The zero-order chi connectivity index (χ0) is 15.8. The van der Waals surface area contributed by atoms with Gasteiger partial charge in [-0.2, -0.15) is 5.26 Å². The second-order valence-electron chi connectivity index (χ2n) is 5.15. The number of ether oxygens (including phenoxy) is 1. The summed E-state index contributed by atoms with van der Waals surface area (Å²) in [5.74, 6) is -0.604. The van der Waals surface area contributed by atoms with Crippen LogP contribution in [0.2, 0.25) is 5.15 Å². The quantitative estimate of drug-likeness (QED) is 0.792. The van der Waals surface area contributed by atoms with Crippen LogP contribution in [0.4, 0.5) is 14.2 Å². The van der Waals surface area contributed by atoms with Gasteiger partial charge in [0, 0.05) is 0 Å². The van der Waals surface area contributed by atoms with Gasteiger partial charge in [0.1, 0.15) is 21.8 Å². The van der Waals surface area contributed by atoms with E-state index in [0.29, 0.717) is 0 Å². The predicted octanol–water partition coefficient (Wildman–Crippen LogP) is 4.31. The summed E-state index contributed by atoms with van der Waals surface area (Å²) in [6, 6.07) is 1.90. The van der Waals surface area contributed by atoms with Crippen LogP contribution >= 0.6 is 22.9 Å². The molecule has 0 bridgehead atoms. The molecule has 1 N–H and O–H groups in total. The first-order valence-corrected chi connectivity index (χ1v) is 7.09. The van der Waals surface area contributed by atoms with E-state index >= 15 is 0 Å². The number of hydrogen-bond acceptors (Lipinski definition) is 5.